The lowest BCUT2D eigenvalue weighted by Crippen LogP contribution is -2.10. The molecule has 0 aliphatic heterocycles. The van der Waals surface area contributed by atoms with Crippen molar-refractivity contribution in [3.63, 3.8) is 0 Å². The van der Waals surface area contributed by atoms with Crippen LogP contribution in [0.4, 0.5) is 11.6 Å². The minimum atomic E-state index is 0.634. The molecule has 0 bridgehead atoms. The number of nitrogens with two attached hydrogens (primary N) is 1. The van der Waals surface area contributed by atoms with Gasteiger partial charge in [0.15, 0.2) is 0 Å². The van der Waals surface area contributed by atoms with Crippen molar-refractivity contribution in [1.29, 1.82) is 0 Å². The molecule has 0 saturated heterocycles. The number of anilines is 2. The number of nitrogens with one attached hydrogen (secondary N) is 2. The maximum absolute atomic E-state index is 5.28. The molecule has 0 aromatic carbocycles. The number of hydrazine groups is 1. The molecule has 0 radical (unpaired) electrons. The number of nitrogens with zero attached hydrogens (tertiary/aromatic N) is 3. The van der Waals surface area contributed by atoms with Gasteiger partial charge in [-0.05, 0) is 18.2 Å². The van der Waals surface area contributed by atoms with Crippen LogP contribution in [-0.4, -0.2) is 14.8 Å². The van der Waals surface area contributed by atoms with Gasteiger partial charge in [-0.2, -0.15) is 5.10 Å². The van der Waals surface area contributed by atoms with E-state index in [2.05, 4.69) is 20.8 Å². The highest BCUT2D eigenvalue weighted by Gasteiger charge is 1.99. The molecular weight excluding hydrogens is 204 g/mol. The van der Waals surface area contributed by atoms with E-state index in [1.807, 2.05) is 29.9 Å². The quantitative estimate of drug-likeness (QED) is 0.520. The number of hydrogen-bond acceptors (Lipinski definition) is 5. The van der Waals surface area contributed by atoms with E-state index in [-0.39, 0.29) is 0 Å². The molecule has 0 aliphatic rings. The second kappa shape index (κ2) is 4.63. The van der Waals surface area contributed by atoms with E-state index in [0.29, 0.717) is 12.4 Å². The molecule has 16 heavy (non-hydrogen) atoms. The highest BCUT2D eigenvalue weighted by Crippen LogP contribution is 2.09. The van der Waals surface area contributed by atoms with Crippen molar-refractivity contribution in [3.05, 3.63) is 36.2 Å². The van der Waals surface area contributed by atoms with Gasteiger partial charge in [0.2, 0.25) is 0 Å². The third-order valence-electron chi connectivity index (χ3n) is 2.27. The molecule has 0 unspecified atom stereocenters. The third-order valence-corrected chi connectivity index (χ3v) is 2.27. The fourth-order valence-electron chi connectivity index (χ4n) is 1.37. The first kappa shape index (κ1) is 10.4. The van der Waals surface area contributed by atoms with Crippen LogP contribution < -0.4 is 16.6 Å². The smallest absolute Gasteiger partial charge is 0.142 e. The zero-order valence-electron chi connectivity index (χ0n) is 9.01. The van der Waals surface area contributed by atoms with E-state index in [1.54, 1.807) is 12.3 Å². The summed E-state index contributed by atoms with van der Waals surface area (Å²) in [5.41, 5.74) is 3.59. The van der Waals surface area contributed by atoms with Crippen LogP contribution in [0, 0.1) is 0 Å². The van der Waals surface area contributed by atoms with Crippen molar-refractivity contribution in [2.24, 2.45) is 12.9 Å². The number of rotatable bonds is 4. The van der Waals surface area contributed by atoms with Crippen molar-refractivity contribution < 1.29 is 0 Å². The molecular formula is C10H14N6. The third kappa shape index (κ3) is 2.29. The molecule has 2 rings (SSSR count). The average molecular weight is 218 g/mol. The molecule has 2 aromatic rings. The topological polar surface area (TPSA) is 80.8 Å². The summed E-state index contributed by atoms with van der Waals surface area (Å²) in [6.45, 7) is 0.678. The summed E-state index contributed by atoms with van der Waals surface area (Å²) in [4.78, 5) is 4.24. The Morgan fingerprint density at radius 3 is 2.81 bits per heavy atom. The second-order valence-corrected chi connectivity index (χ2v) is 3.35. The lowest BCUT2D eigenvalue weighted by molar-refractivity contribution is 0.720. The summed E-state index contributed by atoms with van der Waals surface area (Å²) < 4.78 is 1.82. The van der Waals surface area contributed by atoms with Gasteiger partial charge >= 0.3 is 0 Å². The van der Waals surface area contributed by atoms with Crippen LogP contribution in [0.15, 0.2) is 30.5 Å². The molecule has 6 heteroatoms. The number of hydrogen-bond donors (Lipinski definition) is 3. The fraction of sp³-hybridized carbons (Fsp3) is 0.200. The summed E-state index contributed by atoms with van der Waals surface area (Å²) in [6.07, 6.45) is 1.77. The van der Waals surface area contributed by atoms with Gasteiger partial charge in [0, 0.05) is 13.2 Å². The minimum Gasteiger partial charge on any atom is -0.364 e. The molecule has 0 fully saturated rings. The lowest BCUT2D eigenvalue weighted by Gasteiger charge is -2.07. The van der Waals surface area contributed by atoms with Crippen LogP contribution in [0.2, 0.25) is 0 Å². The van der Waals surface area contributed by atoms with Crippen molar-refractivity contribution in [1.82, 2.24) is 14.8 Å². The number of aromatic nitrogens is 3. The Bertz CT molecular complexity index is 464. The molecule has 0 amide bonds. The maximum Gasteiger partial charge on any atom is 0.142 e. The zero-order valence-corrected chi connectivity index (χ0v) is 9.01. The first-order valence-corrected chi connectivity index (χ1v) is 4.94. The molecule has 2 heterocycles. The minimum absolute atomic E-state index is 0.634. The highest BCUT2D eigenvalue weighted by atomic mass is 15.3. The normalized spacial score (nSPS) is 10.1. The summed E-state index contributed by atoms with van der Waals surface area (Å²) in [5.74, 6) is 6.69. The van der Waals surface area contributed by atoms with E-state index in [9.17, 15) is 0 Å². The van der Waals surface area contributed by atoms with Crippen molar-refractivity contribution in [2.75, 3.05) is 10.7 Å². The summed E-state index contributed by atoms with van der Waals surface area (Å²) in [5, 5.41) is 7.28. The predicted molar refractivity (Wildman–Crippen MR) is 62.6 cm³/mol. The molecule has 4 N–H and O–H groups in total. The first-order valence-electron chi connectivity index (χ1n) is 4.94. The summed E-state index contributed by atoms with van der Waals surface area (Å²) in [6, 6.07) is 7.53. The van der Waals surface area contributed by atoms with Crippen LogP contribution in [0.25, 0.3) is 0 Å². The van der Waals surface area contributed by atoms with E-state index < -0.39 is 0 Å². The van der Waals surface area contributed by atoms with Crippen LogP contribution in [0.3, 0.4) is 0 Å². The van der Waals surface area contributed by atoms with Crippen LogP contribution >= 0.6 is 0 Å². The second-order valence-electron chi connectivity index (χ2n) is 3.35. The van der Waals surface area contributed by atoms with Crippen LogP contribution in [0.5, 0.6) is 0 Å². The molecule has 2 aromatic heterocycles. The summed E-state index contributed by atoms with van der Waals surface area (Å²) >= 11 is 0. The number of pyridine rings is 1. The Morgan fingerprint density at radius 1 is 1.31 bits per heavy atom. The average Bonchev–Trinajstić information content (AvgIpc) is 2.72. The Hall–Kier alpha value is -2.08. The SMILES string of the molecule is Cn1nccc1CNc1cccc(NN)n1. The predicted octanol–water partition coefficient (Wildman–Crippen LogP) is 0.713. The molecule has 0 atom stereocenters. The molecule has 0 aliphatic carbocycles. The molecule has 6 nitrogen and oxygen atoms in total. The first-order chi connectivity index (χ1) is 7.79. The summed E-state index contributed by atoms with van der Waals surface area (Å²) in [7, 11) is 1.91. The van der Waals surface area contributed by atoms with Gasteiger partial charge in [0.1, 0.15) is 11.6 Å². The monoisotopic (exact) mass is 218 g/mol. The van der Waals surface area contributed by atoms with Gasteiger partial charge in [-0.1, -0.05) is 6.07 Å². The van der Waals surface area contributed by atoms with Crippen molar-refractivity contribution >= 4 is 11.6 Å². The molecule has 0 saturated carbocycles. The zero-order chi connectivity index (χ0) is 11.4. The van der Waals surface area contributed by atoms with Crippen molar-refractivity contribution in [2.45, 2.75) is 6.54 Å². The van der Waals surface area contributed by atoms with Gasteiger partial charge in [0.25, 0.3) is 0 Å². The van der Waals surface area contributed by atoms with Gasteiger partial charge in [0.05, 0.1) is 12.2 Å². The van der Waals surface area contributed by atoms with Gasteiger partial charge in [-0.25, -0.2) is 10.8 Å². The Balaban J connectivity index is 2.02. The van der Waals surface area contributed by atoms with Crippen LogP contribution in [-0.2, 0) is 13.6 Å². The van der Waals surface area contributed by atoms with Crippen LogP contribution in [0.1, 0.15) is 5.69 Å². The van der Waals surface area contributed by atoms with Crippen molar-refractivity contribution in [3.8, 4) is 0 Å². The van der Waals surface area contributed by atoms with Gasteiger partial charge in [-0.3, -0.25) is 4.68 Å². The largest absolute Gasteiger partial charge is 0.364 e. The number of aryl methyl sites for hydroxylation is 1. The van der Waals surface area contributed by atoms with E-state index in [0.717, 1.165) is 11.5 Å². The van der Waals surface area contributed by atoms with E-state index in [1.165, 1.54) is 0 Å². The van der Waals surface area contributed by atoms with E-state index in [4.69, 9.17) is 5.84 Å². The standard InChI is InChI=1S/C10H14N6/c1-16-8(5-6-13-16)7-12-9-3-2-4-10(14-9)15-11/h2-6H,7,11H2,1H3,(H2,12,14,15). The fourth-order valence-corrected chi connectivity index (χ4v) is 1.37. The Morgan fingerprint density at radius 2 is 2.12 bits per heavy atom. The molecule has 84 valence electrons. The highest BCUT2D eigenvalue weighted by molar-refractivity contribution is 5.44. The van der Waals surface area contributed by atoms with Gasteiger partial charge < -0.3 is 10.7 Å². The maximum atomic E-state index is 5.28. The van der Waals surface area contributed by atoms with Gasteiger partial charge in [-0.15, -0.1) is 0 Å². The van der Waals surface area contributed by atoms with E-state index >= 15 is 0 Å². The molecule has 0 spiro atoms. The Kier molecular flexibility index (Phi) is 3.02. The lowest BCUT2D eigenvalue weighted by atomic mass is 10.4. The number of nitrogen functional groups attached to an aromatic ring is 1. The Labute approximate surface area is 93.5 Å².